The van der Waals surface area contributed by atoms with E-state index in [0.717, 1.165) is 77.9 Å². The van der Waals surface area contributed by atoms with Gasteiger partial charge in [0.1, 0.15) is 17.2 Å². The van der Waals surface area contributed by atoms with E-state index >= 15 is 0 Å². The first-order valence-electron chi connectivity index (χ1n) is 25.6. The summed E-state index contributed by atoms with van der Waals surface area (Å²) in [6.45, 7) is 8.95. The third-order valence-corrected chi connectivity index (χ3v) is 16.5. The van der Waals surface area contributed by atoms with Crippen molar-refractivity contribution in [2.45, 2.75) is 96.0 Å². The molecule has 0 atom stereocenters. The van der Waals surface area contributed by atoms with Crippen LogP contribution >= 0.6 is 23.2 Å². The van der Waals surface area contributed by atoms with Crippen molar-refractivity contribution < 1.29 is 19.7 Å². The predicted molar refractivity (Wildman–Crippen MR) is 297 cm³/mol. The molecule has 0 saturated heterocycles. The van der Waals surface area contributed by atoms with Gasteiger partial charge in [0.25, 0.3) is 5.91 Å². The number of fused-ring (bicyclic) bond motifs is 8. The van der Waals surface area contributed by atoms with Crippen molar-refractivity contribution in [3.05, 3.63) is 206 Å². The Morgan fingerprint density at radius 3 is 1.94 bits per heavy atom. The van der Waals surface area contributed by atoms with Crippen LogP contribution in [0.5, 0.6) is 17.2 Å². The number of aromatic hydroxyl groups is 2. The average molecular weight is 989 g/mol. The Morgan fingerprint density at radius 1 is 0.708 bits per heavy atom. The minimum absolute atomic E-state index is 0.145. The summed E-state index contributed by atoms with van der Waals surface area (Å²) in [5, 5.41) is 26.3. The largest absolute Gasteiger partial charge is 0.508 e. The lowest BCUT2D eigenvalue weighted by atomic mass is 9.76. The molecule has 1 saturated carbocycles. The maximum absolute atomic E-state index is 13.6. The molecule has 0 spiro atoms. The number of amides is 1. The number of carbonyl (C=O) groups excluding carboxylic acids is 1. The topological polar surface area (TPSA) is 78.8 Å². The maximum Gasteiger partial charge on any atom is 0.255 e. The Morgan fingerprint density at radius 2 is 1.32 bits per heavy atom. The predicted octanol–water partition coefficient (Wildman–Crippen LogP) is 18.0. The van der Waals surface area contributed by atoms with Crippen LogP contribution in [0.25, 0.3) is 50.2 Å². The van der Waals surface area contributed by atoms with Crippen molar-refractivity contribution in [3.63, 3.8) is 0 Å². The summed E-state index contributed by atoms with van der Waals surface area (Å²) in [6, 6.07) is 47.4. The first-order chi connectivity index (χ1) is 34.8. The molecule has 8 aromatic rings. The summed E-state index contributed by atoms with van der Waals surface area (Å²) in [4.78, 5) is 13.6. The van der Waals surface area contributed by atoms with Gasteiger partial charge in [0.15, 0.2) is 5.60 Å². The Hall–Kier alpha value is -6.79. The number of aryl methyl sites for hydroxylation is 1. The van der Waals surface area contributed by atoms with E-state index in [0.29, 0.717) is 33.0 Å². The van der Waals surface area contributed by atoms with Gasteiger partial charge in [0.05, 0.1) is 5.02 Å². The monoisotopic (exact) mass is 987 g/mol. The molecule has 7 heteroatoms. The number of hydrogen-bond donors (Lipinski definition) is 3. The molecule has 3 aliphatic rings. The van der Waals surface area contributed by atoms with Gasteiger partial charge in [-0.25, -0.2) is 0 Å². The van der Waals surface area contributed by atoms with Gasteiger partial charge in [-0.3, -0.25) is 4.79 Å². The van der Waals surface area contributed by atoms with Crippen molar-refractivity contribution in [2.75, 3.05) is 5.32 Å². The number of rotatable bonds is 11. The van der Waals surface area contributed by atoms with Crippen molar-refractivity contribution in [1.29, 1.82) is 0 Å². The number of hydrogen-bond acceptors (Lipinski definition) is 4. The normalized spacial score (nSPS) is 17.2. The standard InChI is InChI=1S/C65H59Cl2NO4/c1-5-6-7-8-40-9-11-41(12-10-40)42-13-15-43(16-14-42)44-17-19-46(20-18-44)63(71)68-50-27-21-45(22-28-50)54-38-55-57(35-39(54)2)64(3,4)61-53-33-34-65(47-23-29-51(69)30-24-47,48-25-31-52(70)32-26-48)72-62(53)60-56(59(55)61)36-49(66)37-58(60)67/h13-38,40-41,69-70H,5-12H2,1-4H3,(H,68,71). The van der Waals surface area contributed by atoms with Crippen LogP contribution in [0.2, 0.25) is 10.0 Å². The second-order valence-electron chi connectivity index (χ2n) is 20.8. The zero-order valence-electron chi connectivity index (χ0n) is 41.3. The fourth-order valence-electron chi connectivity index (χ4n) is 12.0. The molecule has 362 valence electrons. The number of phenols is 2. The minimum atomic E-state index is -1.12. The van der Waals surface area contributed by atoms with E-state index in [1.807, 2.05) is 66.7 Å². The Balaban J connectivity index is 0.859. The number of halogens is 2. The first-order valence-corrected chi connectivity index (χ1v) is 26.3. The molecule has 0 radical (unpaired) electrons. The van der Waals surface area contributed by atoms with E-state index in [2.05, 4.69) is 93.7 Å². The van der Waals surface area contributed by atoms with Crippen LogP contribution in [0.3, 0.4) is 0 Å². The van der Waals surface area contributed by atoms with E-state index in [-0.39, 0.29) is 17.4 Å². The fraction of sp³-hybridized carbons (Fsp3) is 0.246. The van der Waals surface area contributed by atoms with E-state index in [1.165, 1.54) is 62.5 Å². The van der Waals surface area contributed by atoms with Crippen LogP contribution in [-0.4, -0.2) is 16.1 Å². The number of phenolic OH excluding ortho intramolecular Hbond substituents is 2. The smallest absolute Gasteiger partial charge is 0.255 e. The van der Waals surface area contributed by atoms with Crippen LogP contribution in [0.15, 0.2) is 152 Å². The van der Waals surface area contributed by atoms with Gasteiger partial charge in [-0.1, -0.05) is 155 Å². The van der Waals surface area contributed by atoms with Gasteiger partial charge in [-0.05, 0) is 178 Å². The third-order valence-electron chi connectivity index (χ3n) is 16.0. The van der Waals surface area contributed by atoms with Gasteiger partial charge in [-0.2, -0.15) is 0 Å². The van der Waals surface area contributed by atoms with Crippen LogP contribution in [0, 0.1) is 12.8 Å². The summed E-state index contributed by atoms with van der Waals surface area (Å²) in [5.41, 5.74) is 13.7. The quantitative estimate of drug-likeness (QED) is 0.113. The molecule has 11 rings (SSSR count). The number of carbonyl (C=O) groups is 1. The van der Waals surface area contributed by atoms with Gasteiger partial charge < -0.3 is 20.3 Å². The summed E-state index contributed by atoms with van der Waals surface area (Å²) >= 11 is 14.1. The van der Waals surface area contributed by atoms with E-state index in [9.17, 15) is 15.0 Å². The van der Waals surface area contributed by atoms with Crippen LogP contribution in [-0.2, 0) is 11.0 Å². The lowest BCUT2D eigenvalue weighted by molar-refractivity contribution is 0.102. The first kappa shape index (κ1) is 47.5. The molecule has 0 unspecified atom stereocenters. The zero-order chi connectivity index (χ0) is 49.9. The fourth-order valence-corrected chi connectivity index (χ4v) is 12.6. The lowest BCUT2D eigenvalue weighted by Crippen LogP contribution is -2.35. The molecule has 0 bridgehead atoms. The Kier molecular flexibility index (Phi) is 12.5. The van der Waals surface area contributed by atoms with E-state index < -0.39 is 11.0 Å². The highest BCUT2D eigenvalue weighted by Crippen LogP contribution is 2.60. The summed E-state index contributed by atoms with van der Waals surface area (Å²) in [6.07, 6.45) is 14.9. The van der Waals surface area contributed by atoms with Crippen molar-refractivity contribution in [2.24, 2.45) is 5.92 Å². The van der Waals surface area contributed by atoms with Crippen molar-refractivity contribution in [3.8, 4) is 50.6 Å². The summed E-state index contributed by atoms with van der Waals surface area (Å²) in [7, 11) is 0. The Labute approximate surface area is 433 Å². The molecule has 1 amide bonds. The van der Waals surface area contributed by atoms with Crippen molar-refractivity contribution >= 4 is 51.6 Å². The van der Waals surface area contributed by atoms with Crippen LogP contribution in [0.1, 0.15) is 127 Å². The molecule has 72 heavy (non-hydrogen) atoms. The molecular weight excluding hydrogens is 930 g/mol. The van der Waals surface area contributed by atoms with E-state index in [1.54, 1.807) is 30.3 Å². The molecule has 1 fully saturated rings. The molecule has 3 N–H and O–H groups in total. The number of nitrogens with one attached hydrogen (secondary N) is 1. The molecular formula is C65H59Cl2NO4. The highest BCUT2D eigenvalue weighted by molar-refractivity contribution is 6.40. The lowest BCUT2D eigenvalue weighted by Gasteiger charge is -2.38. The summed E-state index contributed by atoms with van der Waals surface area (Å²) < 4.78 is 7.36. The molecule has 1 heterocycles. The van der Waals surface area contributed by atoms with Crippen LogP contribution in [0.4, 0.5) is 5.69 Å². The van der Waals surface area contributed by atoms with Gasteiger partial charge >= 0.3 is 0 Å². The zero-order valence-corrected chi connectivity index (χ0v) is 42.8. The summed E-state index contributed by atoms with van der Waals surface area (Å²) in [5.74, 6) is 2.33. The number of ether oxygens (including phenoxy) is 1. The van der Waals surface area contributed by atoms with Gasteiger partial charge in [-0.15, -0.1) is 0 Å². The second-order valence-corrected chi connectivity index (χ2v) is 21.7. The van der Waals surface area contributed by atoms with Crippen molar-refractivity contribution in [1.82, 2.24) is 0 Å². The minimum Gasteiger partial charge on any atom is -0.508 e. The average Bonchev–Trinajstić information content (AvgIpc) is 3.62. The van der Waals surface area contributed by atoms with Gasteiger partial charge in [0.2, 0.25) is 0 Å². The number of anilines is 1. The third kappa shape index (κ3) is 8.54. The van der Waals surface area contributed by atoms with E-state index in [4.69, 9.17) is 27.9 Å². The molecule has 0 aromatic heterocycles. The molecule has 5 nitrogen and oxygen atoms in total. The van der Waals surface area contributed by atoms with Crippen LogP contribution < -0.4 is 10.1 Å². The second kappa shape index (κ2) is 19.0. The number of benzene rings is 8. The highest BCUT2D eigenvalue weighted by atomic mass is 35.5. The highest BCUT2D eigenvalue weighted by Gasteiger charge is 2.45. The SMILES string of the molecule is CCCCCC1CCC(c2ccc(-c3ccc(C(=O)Nc4ccc(-c5cc6c(cc5C)C(C)(C)c5c7c(c8c(Cl)cc(Cl)cc8c5-6)OC(c5ccc(O)cc5)(c5ccc(O)cc5)C=C7)cc4)cc3)cc2)CC1. The van der Waals surface area contributed by atoms with Gasteiger partial charge in [0, 0.05) is 43.8 Å². The molecule has 2 aliphatic carbocycles. The Bertz CT molecular complexity index is 3340. The number of unbranched alkanes of at least 4 members (excludes halogenated alkanes) is 2. The molecule has 8 aromatic carbocycles. The molecule has 1 aliphatic heterocycles. The maximum atomic E-state index is 13.6.